The number of rotatable bonds is 3. The van der Waals surface area contributed by atoms with E-state index in [1.54, 1.807) is 0 Å². The van der Waals surface area contributed by atoms with Crippen molar-refractivity contribution < 1.29 is 19.4 Å². The van der Waals surface area contributed by atoms with Gasteiger partial charge in [0.15, 0.2) is 0 Å². The summed E-state index contributed by atoms with van der Waals surface area (Å²) in [5, 5.41) is 9.55. The zero-order valence-corrected chi connectivity index (χ0v) is 14.9. The van der Waals surface area contributed by atoms with Gasteiger partial charge in [-0.25, -0.2) is 9.59 Å². The van der Waals surface area contributed by atoms with Crippen molar-refractivity contribution in [1.29, 1.82) is 0 Å². The summed E-state index contributed by atoms with van der Waals surface area (Å²) < 4.78 is 5.68. The molecule has 0 aromatic heterocycles. The third-order valence-corrected chi connectivity index (χ3v) is 6.39. The Kier molecular flexibility index (Phi) is 3.71. The number of amides is 1. The highest BCUT2D eigenvalue weighted by atomic mass is 16.6. The maximum atomic E-state index is 12.8. The quantitative estimate of drug-likeness (QED) is 0.899. The molecular formula is C22H21NO4. The Morgan fingerprint density at radius 3 is 2.26 bits per heavy atom. The van der Waals surface area contributed by atoms with Gasteiger partial charge in [0.2, 0.25) is 0 Å². The highest BCUT2D eigenvalue weighted by molar-refractivity contribution is 5.82. The van der Waals surface area contributed by atoms with Crippen molar-refractivity contribution >= 4 is 12.1 Å². The molecule has 1 saturated heterocycles. The van der Waals surface area contributed by atoms with Crippen molar-refractivity contribution in [3.8, 4) is 11.1 Å². The standard InChI is InChI=1S/C22H21NO4/c24-21(25)20-13-9-10-14(11-13)23(20)22(26)27-12-19-17-7-3-1-5-15(17)16-6-2-4-8-18(16)19/h1-8,13-14,19-20H,9-12H2,(H,24,25)/t13-,14+,20-/m0/s1. The molecule has 1 saturated carbocycles. The molecule has 5 heteroatoms. The van der Waals surface area contributed by atoms with E-state index in [-0.39, 0.29) is 24.5 Å². The van der Waals surface area contributed by atoms with Crippen LogP contribution in [-0.2, 0) is 9.53 Å². The van der Waals surface area contributed by atoms with Crippen LogP contribution in [0.4, 0.5) is 4.79 Å². The summed E-state index contributed by atoms with van der Waals surface area (Å²) in [6.45, 7) is 0.229. The largest absolute Gasteiger partial charge is 0.480 e. The number of fused-ring (bicyclic) bond motifs is 5. The monoisotopic (exact) mass is 363 g/mol. The number of hydrogen-bond acceptors (Lipinski definition) is 3. The minimum absolute atomic E-state index is 0.00625. The summed E-state index contributed by atoms with van der Waals surface area (Å²) in [4.78, 5) is 25.9. The summed E-state index contributed by atoms with van der Waals surface area (Å²) in [5.74, 6) is -0.867. The van der Waals surface area contributed by atoms with Gasteiger partial charge in [0.05, 0.1) is 0 Å². The number of piperidine rings is 1. The molecule has 3 atom stereocenters. The molecule has 1 aliphatic heterocycles. The lowest BCUT2D eigenvalue weighted by Gasteiger charge is -2.32. The van der Waals surface area contributed by atoms with E-state index in [1.165, 1.54) is 16.0 Å². The average Bonchev–Trinajstić information content (AvgIpc) is 3.38. The van der Waals surface area contributed by atoms with Crippen molar-refractivity contribution in [3.05, 3.63) is 59.7 Å². The molecule has 2 aromatic carbocycles. The van der Waals surface area contributed by atoms with Gasteiger partial charge >= 0.3 is 12.1 Å². The Morgan fingerprint density at radius 1 is 1.00 bits per heavy atom. The number of carbonyl (C=O) groups excluding carboxylic acids is 1. The number of carboxylic acids is 1. The first-order chi connectivity index (χ1) is 13.1. The summed E-state index contributed by atoms with van der Waals surface area (Å²) >= 11 is 0. The molecule has 1 amide bonds. The van der Waals surface area contributed by atoms with Gasteiger partial charge in [-0.15, -0.1) is 0 Å². The van der Waals surface area contributed by atoms with E-state index in [0.717, 1.165) is 30.4 Å². The predicted octanol–water partition coefficient (Wildman–Crippen LogP) is 3.87. The normalized spacial score (nSPS) is 25.3. The molecule has 27 heavy (non-hydrogen) atoms. The Morgan fingerprint density at radius 2 is 1.63 bits per heavy atom. The van der Waals surface area contributed by atoms with Gasteiger partial charge in [-0.2, -0.15) is 0 Å². The predicted molar refractivity (Wildman–Crippen MR) is 99.5 cm³/mol. The molecule has 2 fully saturated rings. The average molecular weight is 363 g/mol. The molecule has 0 spiro atoms. The van der Waals surface area contributed by atoms with Crippen LogP contribution in [0.3, 0.4) is 0 Å². The molecule has 2 aliphatic carbocycles. The Hall–Kier alpha value is -2.82. The van der Waals surface area contributed by atoms with E-state index in [0.29, 0.717) is 0 Å². The van der Waals surface area contributed by atoms with Crippen molar-refractivity contribution in [2.45, 2.75) is 37.3 Å². The molecule has 1 N–H and O–H groups in total. The van der Waals surface area contributed by atoms with Gasteiger partial charge < -0.3 is 9.84 Å². The molecule has 138 valence electrons. The van der Waals surface area contributed by atoms with Gasteiger partial charge in [0.25, 0.3) is 0 Å². The molecule has 0 radical (unpaired) electrons. The zero-order chi connectivity index (χ0) is 18.5. The van der Waals surface area contributed by atoms with Crippen LogP contribution in [-0.4, -0.2) is 40.8 Å². The lowest BCUT2D eigenvalue weighted by molar-refractivity contribution is -0.144. The van der Waals surface area contributed by atoms with Crippen LogP contribution in [0.15, 0.2) is 48.5 Å². The van der Waals surface area contributed by atoms with Crippen LogP contribution in [0.25, 0.3) is 11.1 Å². The first-order valence-electron chi connectivity index (χ1n) is 9.51. The van der Waals surface area contributed by atoms with Crippen LogP contribution < -0.4 is 0 Å². The maximum absolute atomic E-state index is 12.8. The van der Waals surface area contributed by atoms with Crippen molar-refractivity contribution in [3.63, 3.8) is 0 Å². The minimum Gasteiger partial charge on any atom is -0.480 e. The molecule has 5 nitrogen and oxygen atoms in total. The van der Waals surface area contributed by atoms with Crippen LogP contribution in [0, 0.1) is 5.92 Å². The highest BCUT2D eigenvalue weighted by Crippen LogP contribution is 2.45. The molecular weight excluding hydrogens is 342 g/mol. The van der Waals surface area contributed by atoms with E-state index in [4.69, 9.17) is 4.74 Å². The molecule has 0 unspecified atom stereocenters. The Bertz CT molecular complexity index is 879. The first kappa shape index (κ1) is 16.4. The van der Waals surface area contributed by atoms with Gasteiger partial charge in [0, 0.05) is 12.0 Å². The summed E-state index contributed by atoms with van der Waals surface area (Å²) in [6, 6.07) is 15.6. The van der Waals surface area contributed by atoms with Crippen LogP contribution in [0.5, 0.6) is 0 Å². The third-order valence-electron chi connectivity index (χ3n) is 6.39. The van der Waals surface area contributed by atoms with Crippen molar-refractivity contribution in [2.24, 2.45) is 5.92 Å². The van der Waals surface area contributed by atoms with E-state index >= 15 is 0 Å². The molecule has 5 rings (SSSR count). The number of benzene rings is 2. The molecule has 3 aliphatic rings. The van der Waals surface area contributed by atoms with Gasteiger partial charge in [0.1, 0.15) is 12.6 Å². The van der Waals surface area contributed by atoms with Crippen LogP contribution in [0.1, 0.15) is 36.3 Å². The molecule has 1 heterocycles. The SMILES string of the molecule is O=C(O)[C@@H]1[C@H]2CC[C@H](C2)N1C(=O)OCC1c2ccccc2-c2ccccc21. The number of nitrogens with zero attached hydrogens (tertiary/aromatic N) is 1. The maximum Gasteiger partial charge on any atom is 0.410 e. The molecule has 2 bridgehead atoms. The Balaban J connectivity index is 1.37. The number of carboxylic acid groups (broad SMARTS) is 1. The number of likely N-dealkylation sites (tertiary alicyclic amines) is 1. The van der Waals surface area contributed by atoms with Gasteiger partial charge in [-0.1, -0.05) is 48.5 Å². The zero-order valence-electron chi connectivity index (χ0n) is 14.9. The molecule has 2 aromatic rings. The van der Waals surface area contributed by atoms with E-state index in [9.17, 15) is 14.7 Å². The van der Waals surface area contributed by atoms with E-state index in [2.05, 4.69) is 24.3 Å². The fraction of sp³-hybridized carbons (Fsp3) is 0.364. The van der Waals surface area contributed by atoms with Crippen molar-refractivity contribution in [1.82, 2.24) is 4.90 Å². The fourth-order valence-corrected chi connectivity index (χ4v) is 5.24. The summed E-state index contributed by atoms with van der Waals surface area (Å²) in [6.07, 6.45) is 2.05. The topological polar surface area (TPSA) is 66.8 Å². The number of ether oxygens (including phenoxy) is 1. The Labute approximate surface area is 157 Å². The summed E-state index contributed by atoms with van der Waals surface area (Å²) in [5.41, 5.74) is 4.67. The fourth-order valence-electron chi connectivity index (χ4n) is 5.24. The van der Waals surface area contributed by atoms with Crippen molar-refractivity contribution in [2.75, 3.05) is 6.61 Å². The third kappa shape index (κ3) is 2.45. The minimum atomic E-state index is -0.921. The lowest BCUT2D eigenvalue weighted by atomic mass is 9.98. The first-order valence-corrected chi connectivity index (χ1v) is 9.51. The lowest BCUT2D eigenvalue weighted by Crippen LogP contribution is -2.49. The highest BCUT2D eigenvalue weighted by Gasteiger charge is 2.52. The second-order valence-corrected chi connectivity index (χ2v) is 7.72. The van der Waals surface area contributed by atoms with E-state index in [1.807, 2.05) is 24.3 Å². The van der Waals surface area contributed by atoms with Gasteiger partial charge in [-0.3, -0.25) is 4.90 Å². The van der Waals surface area contributed by atoms with Gasteiger partial charge in [-0.05, 0) is 47.4 Å². The smallest absolute Gasteiger partial charge is 0.410 e. The number of aliphatic carboxylic acids is 1. The number of hydrogen-bond donors (Lipinski definition) is 1. The van der Waals surface area contributed by atoms with Crippen LogP contribution >= 0.6 is 0 Å². The second kappa shape index (κ2) is 6.12. The van der Waals surface area contributed by atoms with E-state index < -0.39 is 18.1 Å². The number of carbonyl (C=O) groups is 2. The van der Waals surface area contributed by atoms with Crippen LogP contribution in [0.2, 0.25) is 0 Å². The summed E-state index contributed by atoms with van der Waals surface area (Å²) in [7, 11) is 0. The second-order valence-electron chi connectivity index (χ2n) is 7.72.